The van der Waals surface area contributed by atoms with Crippen LogP contribution < -0.4 is 0 Å². The summed E-state index contributed by atoms with van der Waals surface area (Å²) >= 11 is 15.2. The summed E-state index contributed by atoms with van der Waals surface area (Å²) < 4.78 is 2.81. The Morgan fingerprint density at radius 3 is 2.50 bits per heavy atom. The number of imidazole rings is 1. The zero-order valence-corrected chi connectivity index (χ0v) is 11.9. The van der Waals surface area contributed by atoms with E-state index in [4.69, 9.17) is 23.2 Å². The summed E-state index contributed by atoms with van der Waals surface area (Å²) in [5.41, 5.74) is 2.04. The van der Waals surface area contributed by atoms with Crippen LogP contribution in [0.2, 0.25) is 10.4 Å². The number of fused-ring (bicyclic) bond motifs is 1. The molecule has 0 saturated carbocycles. The molecule has 0 atom stereocenters. The van der Waals surface area contributed by atoms with Gasteiger partial charge in [0.25, 0.3) is 0 Å². The molecule has 0 radical (unpaired) electrons. The molecule has 3 rings (SSSR count). The van der Waals surface area contributed by atoms with E-state index in [1.54, 1.807) is 10.9 Å². The number of hydrogen-bond acceptors (Lipinski definition) is 3. The van der Waals surface area contributed by atoms with Crippen LogP contribution in [0.25, 0.3) is 16.9 Å². The van der Waals surface area contributed by atoms with Gasteiger partial charge in [0.1, 0.15) is 11.8 Å². The standard InChI is InChI=1S/C11H5BrCl2N4/c12-6-1-3-7(4-2-6)18-5-15-8-9(13)16-11(14)17-10(8)18/h1-5H. The lowest BCUT2D eigenvalue weighted by atomic mass is 10.3. The Morgan fingerprint density at radius 2 is 1.78 bits per heavy atom. The van der Waals surface area contributed by atoms with E-state index in [1.165, 1.54) is 0 Å². The SMILES string of the molecule is Clc1nc(Cl)c2ncn(-c3ccc(Br)cc3)c2n1. The first kappa shape index (κ1) is 11.9. The van der Waals surface area contributed by atoms with Crippen molar-refractivity contribution in [3.63, 3.8) is 0 Å². The summed E-state index contributed by atoms with van der Waals surface area (Å²) in [4.78, 5) is 12.2. The maximum Gasteiger partial charge on any atom is 0.225 e. The van der Waals surface area contributed by atoms with Gasteiger partial charge in [-0.05, 0) is 35.9 Å². The second kappa shape index (κ2) is 4.50. The molecule has 1 aromatic carbocycles. The molecule has 0 unspecified atom stereocenters. The summed E-state index contributed by atoms with van der Waals surface area (Å²) in [5.74, 6) is 0. The molecule has 0 fully saturated rings. The van der Waals surface area contributed by atoms with Crippen LogP contribution in [0.1, 0.15) is 0 Å². The fourth-order valence-corrected chi connectivity index (χ4v) is 2.32. The summed E-state index contributed by atoms with van der Waals surface area (Å²) in [6, 6.07) is 7.75. The quantitative estimate of drug-likeness (QED) is 0.497. The first-order valence-corrected chi connectivity index (χ1v) is 6.52. The van der Waals surface area contributed by atoms with Crippen LogP contribution in [0.3, 0.4) is 0 Å². The maximum atomic E-state index is 5.97. The lowest BCUT2D eigenvalue weighted by Gasteiger charge is -2.03. The van der Waals surface area contributed by atoms with E-state index in [0.717, 1.165) is 10.2 Å². The van der Waals surface area contributed by atoms with E-state index in [9.17, 15) is 0 Å². The van der Waals surface area contributed by atoms with Crippen molar-refractivity contribution in [2.24, 2.45) is 0 Å². The van der Waals surface area contributed by atoms with E-state index in [1.807, 2.05) is 24.3 Å². The minimum Gasteiger partial charge on any atom is -0.283 e. The number of benzene rings is 1. The molecular weight excluding hydrogens is 339 g/mol. The van der Waals surface area contributed by atoms with Crippen LogP contribution in [0, 0.1) is 0 Å². The van der Waals surface area contributed by atoms with Crippen molar-refractivity contribution in [2.75, 3.05) is 0 Å². The molecule has 0 aliphatic carbocycles. The Labute approximate surface area is 121 Å². The van der Waals surface area contributed by atoms with E-state index in [-0.39, 0.29) is 10.4 Å². The molecule has 2 aromatic heterocycles. The highest BCUT2D eigenvalue weighted by atomic mass is 79.9. The third-order valence-corrected chi connectivity index (χ3v) is 3.39. The molecule has 2 heterocycles. The molecule has 4 nitrogen and oxygen atoms in total. The molecule has 0 saturated heterocycles. The fraction of sp³-hybridized carbons (Fsp3) is 0. The summed E-state index contributed by atoms with van der Waals surface area (Å²) in [6.45, 7) is 0. The lowest BCUT2D eigenvalue weighted by Crippen LogP contribution is -1.95. The Morgan fingerprint density at radius 1 is 1.06 bits per heavy atom. The zero-order valence-electron chi connectivity index (χ0n) is 8.81. The molecule has 0 amide bonds. The van der Waals surface area contributed by atoms with Crippen molar-refractivity contribution in [2.45, 2.75) is 0 Å². The van der Waals surface area contributed by atoms with Gasteiger partial charge in [0.15, 0.2) is 10.8 Å². The number of hydrogen-bond donors (Lipinski definition) is 0. The predicted molar refractivity (Wildman–Crippen MR) is 74.4 cm³/mol. The molecule has 0 N–H and O–H groups in total. The van der Waals surface area contributed by atoms with E-state index in [2.05, 4.69) is 30.9 Å². The van der Waals surface area contributed by atoms with Crippen molar-refractivity contribution in [3.05, 3.63) is 45.5 Å². The third-order valence-electron chi connectivity index (χ3n) is 2.43. The van der Waals surface area contributed by atoms with Gasteiger partial charge in [-0.1, -0.05) is 27.5 Å². The van der Waals surface area contributed by atoms with Crippen molar-refractivity contribution in [3.8, 4) is 5.69 Å². The number of aromatic nitrogens is 4. The van der Waals surface area contributed by atoms with Gasteiger partial charge < -0.3 is 0 Å². The topological polar surface area (TPSA) is 43.6 Å². The Balaban J connectivity index is 2.27. The maximum absolute atomic E-state index is 5.97. The molecule has 7 heteroatoms. The monoisotopic (exact) mass is 342 g/mol. The molecule has 3 aromatic rings. The number of rotatable bonds is 1. The highest BCUT2D eigenvalue weighted by Gasteiger charge is 2.11. The van der Waals surface area contributed by atoms with Gasteiger partial charge in [0.05, 0.1) is 0 Å². The molecule has 0 aliphatic heterocycles. The minimum atomic E-state index is 0.103. The number of nitrogens with zero attached hydrogens (tertiary/aromatic N) is 4. The van der Waals surface area contributed by atoms with Crippen LogP contribution in [-0.2, 0) is 0 Å². The largest absolute Gasteiger partial charge is 0.283 e. The second-order valence-corrected chi connectivity index (χ2v) is 5.16. The summed E-state index contributed by atoms with van der Waals surface area (Å²) in [5, 5.41) is 0.354. The van der Waals surface area contributed by atoms with Crippen LogP contribution in [-0.4, -0.2) is 19.5 Å². The van der Waals surface area contributed by atoms with Crippen molar-refractivity contribution >= 4 is 50.3 Å². The molecular formula is C11H5BrCl2N4. The Hall–Kier alpha value is -1.17. The van der Waals surface area contributed by atoms with Crippen LogP contribution >= 0.6 is 39.1 Å². The van der Waals surface area contributed by atoms with Crippen molar-refractivity contribution in [1.29, 1.82) is 0 Å². The van der Waals surface area contributed by atoms with Gasteiger partial charge in [-0.2, -0.15) is 4.98 Å². The molecule has 90 valence electrons. The normalized spacial score (nSPS) is 11.1. The average molecular weight is 344 g/mol. The fourth-order valence-electron chi connectivity index (χ4n) is 1.63. The summed E-state index contributed by atoms with van der Waals surface area (Å²) in [6.07, 6.45) is 1.64. The molecule has 0 spiro atoms. The van der Waals surface area contributed by atoms with Gasteiger partial charge in [0.2, 0.25) is 5.28 Å². The van der Waals surface area contributed by atoms with Crippen molar-refractivity contribution in [1.82, 2.24) is 19.5 Å². The highest BCUT2D eigenvalue weighted by Crippen LogP contribution is 2.23. The van der Waals surface area contributed by atoms with Crippen LogP contribution in [0.15, 0.2) is 35.1 Å². The van der Waals surface area contributed by atoms with Crippen LogP contribution in [0.5, 0.6) is 0 Å². The van der Waals surface area contributed by atoms with E-state index < -0.39 is 0 Å². The predicted octanol–water partition coefficient (Wildman–Crippen LogP) is 3.88. The summed E-state index contributed by atoms with van der Waals surface area (Å²) in [7, 11) is 0. The minimum absolute atomic E-state index is 0.103. The van der Waals surface area contributed by atoms with Crippen molar-refractivity contribution < 1.29 is 0 Å². The third kappa shape index (κ3) is 1.98. The second-order valence-electron chi connectivity index (χ2n) is 3.55. The first-order valence-electron chi connectivity index (χ1n) is 4.97. The average Bonchev–Trinajstić information content (AvgIpc) is 2.74. The van der Waals surface area contributed by atoms with Crippen LogP contribution in [0.4, 0.5) is 0 Å². The van der Waals surface area contributed by atoms with E-state index >= 15 is 0 Å². The highest BCUT2D eigenvalue weighted by molar-refractivity contribution is 9.10. The first-order chi connectivity index (χ1) is 8.65. The van der Waals surface area contributed by atoms with Gasteiger partial charge in [0, 0.05) is 10.2 Å². The molecule has 18 heavy (non-hydrogen) atoms. The van der Waals surface area contributed by atoms with Gasteiger partial charge in [-0.25, -0.2) is 9.97 Å². The molecule has 0 aliphatic rings. The van der Waals surface area contributed by atoms with Gasteiger partial charge in [-0.3, -0.25) is 4.57 Å². The Kier molecular flexibility index (Phi) is 2.97. The number of halogens is 3. The molecule has 0 bridgehead atoms. The smallest absolute Gasteiger partial charge is 0.225 e. The zero-order chi connectivity index (χ0) is 12.7. The lowest BCUT2D eigenvalue weighted by molar-refractivity contribution is 1.06. The van der Waals surface area contributed by atoms with Gasteiger partial charge in [-0.15, -0.1) is 0 Å². The van der Waals surface area contributed by atoms with E-state index in [0.29, 0.717) is 11.2 Å². The van der Waals surface area contributed by atoms with Gasteiger partial charge >= 0.3 is 0 Å². The Bertz CT molecular complexity index is 724.